The van der Waals surface area contributed by atoms with Crippen LogP contribution in [0, 0.1) is 5.92 Å². The maximum Gasteiger partial charge on any atom is -0.00547 e. The van der Waals surface area contributed by atoms with Crippen LogP contribution in [0.5, 0.6) is 0 Å². The van der Waals surface area contributed by atoms with Crippen LogP contribution in [0.1, 0.15) is 30.4 Å². The van der Waals surface area contributed by atoms with Crippen molar-refractivity contribution in [2.24, 2.45) is 5.92 Å². The fraction of sp³-hybridized carbons (Fsp3) is 0.200. The lowest BCUT2D eigenvalue weighted by Gasteiger charge is -2.18. The van der Waals surface area contributed by atoms with Crippen LogP contribution < -0.4 is 0 Å². The zero-order valence-electron chi connectivity index (χ0n) is 14.4. The van der Waals surface area contributed by atoms with Gasteiger partial charge in [0.15, 0.2) is 0 Å². The number of hydrogen-bond acceptors (Lipinski definition) is 0. The summed E-state index contributed by atoms with van der Waals surface area (Å²) >= 11 is 0. The summed E-state index contributed by atoms with van der Waals surface area (Å²) in [5.74, 6) is 0.734. The van der Waals surface area contributed by atoms with Crippen LogP contribution in [0.15, 0.2) is 78.4 Å². The van der Waals surface area contributed by atoms with Gasteiger partial charge < -0.3 is 0 Å². The van der Waals surface area contributed by atoms with Gasteiger partial charge in [-0.2, -0.15) is 0 Å². The molecule has 2 aliphatic rings. The van der Waals surface area contributed by atoms with Gasteiger partial charge in [-0.1, -0.05) is 84.5 Å². The highest BCUT2D eigenvalue weighted by atomic mass is 14.3. The monoisotopic (exact) mass is 322 g/mol. The van der Waals surface area contributed by atoms with Gasteiger partial charge in [0.25, 0.3) is 0 Å². The van der Waals surface area contributed by atoms with Gasteiger partial charge in [0.2, 0.25) is 0 Å². The van der Waals surface area contributed by atoms with Gasteiger partial charge in [-0.3, -0.25) is 0 Å². The van der Waals surface area contributed by atoms with E-state index < -0.39 is 0 Å². The smallest absolute Gasteiger partial charge is 0.00547 e. The predicted octanol–water partition coefficient (Wildman–Crippen LogP) is 6.80. The summed E-state index contributed by atoms with van der Waals surface area (Å²) in [5.41, 5.74) is 7.32. The molecular formula is C25H22. The zero-order chi connectivity index (χ0) is 16.6. The maximum absolute atomic E-state index is 2.50. The lowest BCUT2D eigenvalue weighted by Crippen LogP contribution is -2.05. The molecule has 0 N–H and O–H groups in total. The summed E-state index contributed by atoms with van der Waals surface area (Å²) in [6, 6.07) is 22.2. The van der Waals surface area contributed by atoms with E-state index in [-0.39, 0.29) is 0 Å². The van der Waals surface area contributed by atoms with E-state index in [1.165, 1.54) is 52.3 Å². The Balaban J connectivity index is 1.64. The first kappa shape index (κ1) is 14.7. The minimum absolute atomic E-state index is 0.734. The molecule has 1 atom stereocenters. The topological polar surface area (TPSA) is 0 Å². The van der Waals surface area contributed by atoms with E-state index in [0.717, 1.165) is 12.3 Å². The molecule has 0 heterocycles. The maximum atomic E-state index is 2.50. The molecule has 0 amide bonds. The fourth-order valence-electron chi connectivity index (χ4n) is 4.48. The van der Waals surface area contributed by atoms with Crippen LogP contribution in [0.25, 0.3) is 28.0 Å². The minimum atomic E-state index is 0.734. The molecule has 0 saturated heterocycles. The standard InChI is InChI=1S/C25H22/c1-2-8-18(9-3-1)21-16-20-12-7-15-24(25(20)17-21)23-14-6-11-19-10-4-5-13-22(19)23/h1-2,4-7,10-15,17-18H,3,8-9,16H2. The molecule has 0 nitrogen and oxygen atoms in total. The van der Waals surface area contributed by atoms with Crippen LogP contribution in [0.3, 0.4) is 0 Å². The summed E-state index contributed by atoms with van der Waals surface area (Å²) in [7, 11) is 0. The van der Waals surface area contributed by atoms with Gasteiger partial charge in [0, 0.05) is 0 Å². The van der Waals surface area contributed by atoms with Gasteiger partial charge in [-0.15, -0.1) is 0 Å². The lowest BCUT2D eigenvalue weighted by atomic mass is 9.86. The molecule has 0 aliphatic heterocycles. The lowest BCUT2D eigenvalue weighted by molar-refractivity contribution is 0.548. The molecule has 25 heavy (non-hydrogen) atoms. The highest BCUT2D eigenvalue weighted by Gasteiger charge is 2.23. The molecule has 0 aromatic heterocycles. The molecule has 122 valence electrons. The first-order chi connectivity index (χ1) is 12.4. The molecule has 0 bridgehead atoms. The molecule has 3 aromatic rings. The van der Waals surface area contributed by atoms with Gasteiger partial charge in [0.05, 0.1) is 0 Å². The summed E-state index contributed by atoms with van der Waals surface area (Å²) in [6.45, 7) is 0. The van der Waals surface area contributed by atoms with E-state index in [1.807, 2.05) is 0 Å². The van der Waals surface area contributed by atoms with Gasteiger partial charge in [-0.25, -0.2) is 0 Å². The predicted molar refractivity (Wildman–Crippen MR) is 108 cm³/mol. The van der Waals surface area contributed by atoms with Crippen molar-refractivity contribution in [3.63, 3.8) is 0 Å². The Kier molecular flexibility index (Phi) is 3.56. The Hall–Kier alpha value is -2.60. The van der Waals surface area contributed by atoms with Crippen molar-refractivity contribution in [3.8, 4) is 11.1 Å². The van der Waals surface area contributed by atoms with Crippen molar-refractivity contribution < 1.29 is 0 Å². The third-order valence-corrected chi connectivity index (χ3v) is 5.79. The van der Waals surface area contributed by atoms with Gasteiger partial charge >= 0.3 is 0 Å². The third-order valence-electron chi connectivity index (χ3n) is 5.79. The quantitative estimate of drug-likeness (QED) is 0.455. The van der Waals surface area contributed by atoms with E-state index >= 15 is 0 Å². The number of rotatable bonds is 2. The number of fused-ring (bicyclic) bond motifs is 2. The number of hydrogen-bond donors (Lipinski definition) is 0. The second-order valence-electron chi connectivity index (χ2n) is 7.28. The molecule has 0 saturated carbocycles. The zero-order valence-corrected chi connectivity index (χ0v) is 14.4. The largest absolute Gasteiger partial charge is 0.0885 e. The number of allylic oxidation sites excluding steroid dienone is 3. The molecular weight excluding hydrogens is 300 g/mol. The second-order valence-corrected chi connectivity index (χ2v) is 7.28. The summed E-state index contributed by atoms with van der Waals surface area (Å²) in [5, 5.41) is 2.66. The van der Waals surface area contributed by atoms with Crippen LogP contribution in [-0.4, -0.2) is 0 Å². The first-order valence-electron chi connectivity index (χ1n) is 9.35. The second kappa shape index (κ2) is 6.04. The van der Waals surface area contributed by atoms with Crippen molar-refractivity contribution in [1.82, 2.24) is 0 Å². The highest BCUT2D eigenvalue weighted by molar-refractivity contribution is 5.99. The van der Waals surface area contributed by atoms with Crippen LogP contribution >= 0.6 is 0 Å². The van der Waals surface area contributed by atoms with Crippen molar-refractivity contribution in [3.05, 3.63) is 89.5 Å². The highest BCUT2D eigenvalue weighted by Crippen LogP contribution is 2.40. The normalized spacial score (nSPS) is 19.0. The molecule has 0 heteroatoms. The summed E-state index contributed by atoms with van der Waals surface area (Å²) in [4.78, 5) is 0. The molecule has 1 unspecified atom stereocenters. The molecule has 0 spiro atoms. The Morgan fingerprint density at radius 3 is 2.52 bits per heavy atom. The van der Waals surface area contributed by atoms with Crippen LogP contribution in [0.2, 0.25) is 0 Å². The third kappa shape index (κ3) is 2.53. The van der Waals surface area contributed by atoms with Crippen molar-refractivity contribution >= 4 is 16.8 Å². The SMILES string of the molecule is C1=CCC(C2=Cc3c(cccc3-c3cccc4ccccc34)C2)CC1. The van der Waals surface area contributed by atoms with E-state index in [4.69, 9.17) is 0 Å². The van der Waals surface area contributed by atoms with Crippen molar-refractivity contribution in [1.29, 1.82) is 0 Å². The van der Waals surface area contributed by atoms with Crippen molar-refractivity contribution in [2.75, 3.05) is 0 Å². The van der Waals surface area contributed by atoms with E-state index in [0.29, 0.717) is 0 Å². The van der Waals surface area contributed by atoms with E-state index in [9.17, 15) is 0 Å². The van der Waals surface area contributed by atoms with Gasteiger partial charge in [-0.05, 0) is 64.6 Å². The van der Waals surface area contributed by atoms with Gasteiger partial charge in [0.1, 0.15) is 0 Å². The van der Waals surface area contributed by atoms with Crippen LogP contribution in [0.4, 0.5) is 0 Å². The van der Waals surface area contributed by atoms with E-state index in [1.54, 1.807) is 5.57 Å². The van der Waals surface area contributed by atoms with E-state index in [2.05, 4.69) is 78.9 Å². The Labute approximate surface area is 149 Å². The number of benzene rings is 3. The summed E-state index contributed by atoms with van der Waals surface area (Å²) < 4.78 is 0. The van der Waals surface area contributed by atoms with Crippen LogP contribution in [-0.2, 0) is 6.42 Å². The average Bonchev–Trinajstić information content (AvgIpc) is 3.13. The Morgan fingerprint density at radius 1 is 0.760 bits per heavy atom. The summed E-state index contributed by atoms with van der Waals surface area (Å²) in [6.07, 6.45) is 12.1. The molecule has 5 rings (SSSR count). The Morgan fingerprint density at radius 2 is 1.60 bits per heavy atom. The first-order valence-corrected chi connectivity index (χ1v) is 9.35. The molecule has 0 fully saturated rings. The average molecular weight is 322 g/mol. The minimum Gasteiger partial charge on any atom is -0.0885 e. The Bertz CT molecular complexity index is 998. The molecule has 0 radical (unpaired) electrons. The van der Waals surface area contributed by atoms with Crippen molar-refractivity contribution in [2.45, 2.75) is 25.7 Å². The molecule has 3 aromatic carbocycles. The molecule has 2 aliphatic carbocycles. The fourth-order valence-corrected chi connectivity index (χ4v) is 4.48.